The second-order valence-electron chi connectivity index (χ2n) is 3.87. The number of methoxy groups -OCH3 is 1. The predicted molar refractivity (Wildman–Crippen MR) is 61.4 cm³/mol. The number of benzene rings is 1. The highest BCUT2D eigenvalue weighted by Gasteiger charge is 2.08. The van der Waals surface area contributed by atoms with Crippen LogP contribution in [0, 0.1) is 11.8 Å². The molecule has 0 amide bonds. The largest absolute Gasteiger partial charge is 0.497 e. The molecule has 0 fully saturated rings. The fourth-order valence-corrected chi connectivity index (χ4v) is 1.02. The van der Waals surface area contributed by atoms with E-state index in [4.69, 9.17) is 4.74 Å². The van der Waals surface area contributed by atoms with Crippen molar-refractivity contribution >= 4 is 5.78 Å². The summed E-state index contributed by atoms with van der Waals surface area (Å²) >= 11 is 0. The van der Waals surface area contributed by atoms with Crippen LogP contribution in [-0.4, -0.2) is 23.6 Å². The molecule has 3 heteroatoms. The summed E-state index contributed by atoms with van der Waals surface area (Å²) < 4.78 is 4.98. The van der Waals surface area contributed by atoms with Gasteiger partial charge in [0.2, 0.25) is 5.78 Å². The molecule has 16 heavy (non-hydrogen) atoms. The van der Waals surface area contributed by atoms with E-state index in [1.807, 2.05) is 0 Å². The number of aliphatic hydroxyl groups is 1. The summed E-state index contributed by atoms with van der Waals surface area (Å²) in [6.45, 7) is 3.06. The number of ether oxygens (including phenoxy) is 1. The van der Waals surface area contributed by atoms with E-state index in [1.165, 1.54) is 13.8 Å². The Morgan fingerprint density at radius 3 is 2.31 bits per heavy atom. The van der Waals surface area contributed by atoms with Crippen LogP contribution in [0.2, 0.25) is 0 Å². The average Bonchev–Trinajstić information content (AvgIpc) is 2.25. The molecule has 1 rings (SSSR count). The fourth-order valence-electron chi connectivity index (χ4n) is 1.02. The summed E-state index contributed by atoms with van der Waals surface area (Å²) in [6.07, 6.45) is 0. The molecule has 0 aliphatic carbocycles. The highest BCUT2D eigenvalue weighted by molar-refractivity contribution is 6.09. The van der Waals surface area contributed by atoms with Crippen molar-refractivity contribution in [3.8, 4) is 17.6 Å². The van der Waals surface area contributed by atoms with Gasteiger partial charge in [0.1, 0.15) is 11.4 Å². The lowest BCUT2D eigenvalue weighted by atomic mass is 10.1. The lowest BCUT2D eigenvalue weighted by Crippen LogP contribution is -2.15. The van der Waals surface area contributed by atoms with Crippen molar-refractivity contribution in [1.29, 1.82) is 0 Å². The molecule has 0 bridgehead atoms. The maximum atomic E-state index is 11.6. The Kier molecular flexibility index (Phi) is 3.70. The van der Waals surface area contributed by atoms with Gasteiger partial charge in [-0.2, -0.15) is 0 Å². The van der Waals surface area contributed by atoms with Crippen LogP contribution >= 0.6 is 0 Å². The van der Waals surface area contributed by atoms with Crippen LogP contribution < -0.4 is 4.74 Å². The van der Waals surface area contributed by atoms with Gasteiger partial charge >= 0.3 is 0 Å². The maximum Gasteiger partial charge on any atom is 0.235 e. The lowest BCUT2D eigenvalue weighted by molar-refractivity contribution is 0.105. The van der Waals surface area contributed by atoms with Crippen molar-refractivity contribution in [2.24, 2.45) is 0 Å². The first-order valence-corrected chi connectivity index (χ1v) is 4.86. The lowest BCUT2D eigenvalue weighted by Gasteiger charge is -2.05. The second-order valence-corrected chi connectivity index (χ2v) is 3.87. The first-order chi connectivity index (χ1) is 7.42. The van der Waals surface area contributed by atoms with E-state index in [0.29, 0.717) is 11.3 Å². The second kappa shape index (κ2) is 4.82. The third-order valence-electron chi connectivity index (χ3n) is 1.83. The van der Waals surface area contributed by atoms with Crippen molar-refractivity contribution < 1.29 is 14.6 Å². The summed E-state index contributed by atoms with van der Waals surface area (Å²) in [5.74, 6) is 5.24. The topological polar surface area (TPSA) is 46.5 Å². The quantitative estimate of drug-likeness (QED) is 0.466. The molecular formula is C13H14O3. The summed E-state index contributed by atoms with van der Waals surface area (Å²) in [4.78, 5) is 11.6. The highest BCUT2D eigenvalue weighted by atomic mass is 16.5. The first kappa shape index (κ1) is 12.3. The Morgan fingerprint density at radius 2 is 1.88 bits per heavy atom. The number of Topliss-reactive ketones (excluding diaryl/α,β-unsaturated/α-hetero) is 1. The Labute approximate surface area is 95.1 Å². The Morgan fingerprint density at radius 1 is 1.31 bits per heavy atom. The molecule has 1 aromatic rings. The van der Waals surface area contributed by atoms with Gasteiger partial charge in [-0.1, -0.05) is 5.92 Å². The zero-order chi connectivity index (χ0) is 12.2. The number of hydrogen-bond donors (Lipinski definition) is 1. The summed E-state index contributed by atoms with van der Waals surface area (Å²) in [5, 5.41) is 9.35. The fraction of sp³-hybridized carbons (Fsp3) is 0.308. The van der Waals surface area contributed by atoms with Crippen molar-refractivity contribution in [3.63, 3.8) is 0 Å². The van der Waals surface area contributed by atoms with Crippen LogP contribution in [0.5, 0.6) is 5.75 Å². The van der Waals surface area contributed by atoms with Gasteiger partial charge in [-0.25, -0.2) is 0 Å². The zero-order valence-corrected chi connectivity index (χ0v) is 9.57. The Balaban J connectivity index is 2.84. The monoisotopic (exact) mass is 218 g/mol. The van der Waals surface area contributed by atoms with Crippen molar-refractivity contribution in [2.75, 3.05) is 7.11 Å². The minimum absolute atomic E-state index is 0.315. The van der Waals surface area contributed by atoms with E-state index in [1.54, 1.807) is 31.4 Å². The molecule has 0 spiro atoms. The van der Waals surface area contributed by atoms with E-state index in [2.05, 4.69) is 11.8 Å². The van der Waals surface area contributed by atoms with Crippen molar-refractivity contribution in [3.05, 3.63) is 29.8 Å². The van der Waals surface area contributed by atoms with Crippen molar-refractivity contribution in [1.82, 2.24) is 0 Å². The standard InChI is InChI=1S/C13H14O3/c1-13(2,15)9-8-12(14)10-4-6-11(16-3)7-5-10/h4-7,15H,1-3H3. The van der Waals surface area contributed by atoms with E-state index in [0.717, 1.165) is 0 Å². The van der Waals surface area contributed by atoms with Crippen LogP contribution in [0.15, 0.2) is 24.3 Å². The van der Waals surface area contributed by atoms with Gasteiger partial charge < -0.3 is 9.84 Å². The van der Waals surface area contributed by atoms with Gasteiger partial charge in [0, 0.05) is 5.56 Å². The Bertz CT molecular complexity index is 427. The molecule has 0 aromatic heterocycles. The minimum Gasteiger partial charge on any atom is -0.497 e. The number of carbonyl (C=O) groups is 1. The molecule has 84 valence electrons. The molecule has 0 radical (unpaired) electrons. The molecule has 0 saturated carbocycles. The van der Waals surface area contributed by atoms with Gasteiger partial charge in [0.05, 0.1) is 7.11 Å². The van der Waals surface area contributed by atoms with Crippen LogP contribution in [0.3, 0.4) is 0 Å². The Hall–Kier alpha value is -1.79. The van der Waals surface area contributed by atoms with Crippen LogP contribution in [0.1, 0.15) is 24.2 Å². The summed E-state index contributed by atoms with van der Waals surface area (Å²) in [5.41, 5.74) is -0.667. The van der Waals surface area contributed by atoms with E-state index in [9.17, 15) is 9.90 Å². The molecular weight excluding hydrogens is 204 g/mol. The minimum atomic E-state index is -1.15. The normalized spacial score (nSPS) is 10.2. The first-order valence-electron chi connectivity index (χ1n) is 4.86. The van der Waals surface area contributed by atoms with Gasteiger partial charge in [-0.3, -0.25) is 4.79 Å². The number of ketones is 1. The van der Waals surface area contributed by atoms with Gasteiger partial charge in [-0.15, -0.1) is 0 Å². The highest BCUT2D eigenvalue weighted by Crippen LogP contribution is 2.11. The van der Waals surface area contributed by atoms with Crippen LogP contribution in [-0.2, 0) is 0 Å². The van der Waals surface area contributed by atoms with E-state index < -0.39 is 5.60 Å². The molecule has 0 aliphatic heterocycles. The SMILES string of the molecule is COc1ccc(C(=O)C#CC(C)(C)O)cc1. The number of hydrogen-bond acceptors (Lipinski definition) is 3. The van der Waals surface area contributed by atoms with Gasteiger partial charge in [-0.05, 0) is 44.0 Å². The van der Waals surface area contributed by atoms with Gasteiger partial charge in [0.25, 0.3) is 0 Å². The average molecular weight is 218 g/mol. The molecule has 0 atom stereocenters. The maximum absolute atomic E-state index is 11.6. The van der Waals surface area contributed by atoms with E-state index in [-0.39, 0.29) is 5.78 Å². The van der Waals surface area contributed by atoms with Gasteiger partial charge in [0.15, 0.2) is 0 Å². The molecule has 0 unspecified atom stereocenters. The van der Waals surface area contributed by atoms with Crippen molar-refractivity contribution in [2.45, 2.75) is 19.4 Å². The molecule has 0 heterocycles. The molecule has 0 saturated heterocycles. The number of rotatable bonds is 2. The van der Waals surface area contributed by atoms with Crippen LogP contribution in [0.25, 0.3) is 0 Å². The third kappa shape index (κ3) is 3.76. The smallest absolute Gasteiger partial charge is 0.235 e. The molecule has 1 N–H and O–H groups in total. The molecule has 0 aliphatic rings. The zero-order valence-electron chi connectivity index (χ0n) is 9.57. The summed E-state index contributed by atoms with van der Waals surface area (Å²) in [6, 6.07) is 6.67. The van der Waals surface area contributed by atoms with Crippen LogP contribution in [0.4, 0.5) is 0 Å². The summed E-state index contributed by atoms with van der Waals surface area (Å²) in [7, 11) is 1.56. The molecule has 1 aromatic carbocycles. The predicted octanol–water partition coefficient (Wildman–Crippen LogP) is 1.65. The molecule has 3 nitrogen and oxygen atoms in total. The van der Waals surface area contributed by atoms with E-state index >= 15 is 0 Å². The number of carbonyl (C=O) groups excluding carboxylic acids is 1. The third-order valence-corrected chi connectivity index (χ3v) is 1.83.